The van der Waals surface area contributed by atoms with Crippen molar-refractivity contribution in [2.75, 3.05) is 11.4 Å². The van der Waals surface area contributed by atoms with Gasteiger partial charge in [-0.3, -0.25) is 14.9 Å². The number of carbonyl (C=O) groups excluding carboxylic acids is 1. The Hall–Kier alpha value is -2.89. The van der Waals surface area contributed by atoms with Crippen LogP contribution in [0.3, 0.4) is 0 Å². The van der Waals surface area contributed by atoms with Crippen LogP contribution in [0.4, 0.5) is 11.4 Å². The number of benzene rings is 2. The molecule has 4 rings (SSSR count). The minimum Gasteiger partial charge on any atom is -0.368 e. The van der Waals surface area contributed by atoms with Crippen LogP contribution in [0.1, 0.15) is 43.4 Å². The maximum atomic E-state index is 13.2. The van der Waals surface area contributed by atoms with Crippen molar-refractivity contribution >= 4 is 17.3 Å². The van der Waals surface area contributed by atoms with Crippen molar-refractivity contribution in [1.82, 2.24) is 5.32 Å². The van der Waals surface area contributed by atoms with Gasteiger partial charge in [-0.2, -0.15) is 0 Å². The fraction of sp³-hybridized carbons (Fsp3) is 0.409. The third-order valence-electron chi connectivity index (χ3n) is 6.03. The number of fused-ring (bicyclic) bond motifs is 3. The van der Waals surface area contributed by atoms with Crippen molar-refractivity contribution in [3.63, 3.8) is 0 Å². The number of nitrogens with zero attached hydrogens (tertiary/aromatic N) is 2. The smallest absolute Gasteiger partial charge is 0.269 e. The summed E-state index contributed by atoms with van der Waals surface area (Å²) in [5.74, 6) is -0.161. The Balaban J connectivity index is 1.60. The number of hydrogen-bond donors (Lipinski definition) is 1. The molecule has 2 heterocycles. The van der Waals surface area contributed by atoms with E-state index in [1.165, 1.54) is 0 Å². The number of carbonyl (C=O) groups is 1. The van der Waals surface area contributed by atoms with E-state index in [0.717, 1.165) is 42.6 Å². The fourth-order valence-electron chi connectivity index (χ4n) is 4.59. The van der Waals surface area contributed by atoms with Crippen molar-refractivity contribution < 1.29 is 9.72 Å². The molecule has 1 amide bonds. The van der Waals surface area contributed by atoms with Crippen molar-refractivity contribution in [3.05, 3.63) is 69.8 Å². The monoisotopic (exact) mass is 379 g/mol. The number of piperidine rings is 1. The molecule has 6 heteroatoms. The number of hydrogen-bond acceptors (Lipinski definition) is 4. The molecule has 0 radical (unpaired) electrons. The third kappa shape index (κ3) is 3.46. The zero-order valence-electron chi connectivity index (χ0n) is 16.0. The van der Waals surface area contributed by atoms with E-state index < -0.39 is 0 Å². The molecule has 146 valence electrons. The number of nitrogens with one attached hydrogen (secondary N) is 1. The molecule has 2 aliphatic rings. The second kappa shape index (κ2) is 7.62. The lowest BCUT2D eigenvalue weighted by Gasteiger charge is -2.46. The molecule has 0 aliphatic carbocycles. The van der Waals surface area contributed by atoms with E-state index >= 15 is 0 Å². The van der Waals surface area contributed by atoms with Gasteiger partial charge in [-0.25, -0.2) is 0 Å². The van der Waals surface area contributed by atoms with Gasteiger partial charge in [-0.15, -0.1) is 0 Å². The summed E-state index contributed by atoms with van der Waals surface area (Å²) in [6.07, 6.45) is 3.73. The molecule has 0 aromatic heterocycles. The zero-order valence-corrected chi connectivity index (χ0v) is 16.0. The quantitative estimate of drug-likeness (QED) is 0.643. The van der Waals surface area contributed by atoms with Crippen molar-refractivity contribution in [3.8, 4) is 0 Å². The summed E-state index contributed by atoms with van der Waals surface area (Å²) in [7, 11) is 0. The first-order valence-corrected chi connectivity index (χ1v) is 9.94. The van der Waals surface area contributed by atoms with Gasteiger partial charge < -0.3 is 10.2 Å². The molecular weight excluding hydrogens is 354 g/mol. The predicted molar refractivity (Wildman–Crippen MR) is 108 cm³/mol. The normalized spacial score (nSPS) is 22.0. The summed E-state index contributed by atoms with van der Waals surface area (Å²) in [4.78, 5) is 26.3. The third-order valence-corrected chi connectivity index (χ3v) is 6.03. The van der Waals surface area contributed by atoms with Gasteiger partial charge in [0, 0.05) is 30.4 Å². The average Bonchev–Trinajstić information content (AvgIpc) is 2.73. The second-order valence-corrected chi connectivity index (χ2v) is 7.78. The van der Waals surface area contributed by atoms with Gasteiger partial charge in [0.15, 0.2) is 0 Å². The maximum absolute atomic E-state index is 13.2. The number of nitro groups is 1. The van der Waals surface area contributed by atoms with E-state index in [4.69, 9.17) is 0 Å². The van der Waals surface area contributed by atoms with Crippen LogP contribution in [0.25, 0.3) is 0 Å². The van der Waals surface area contributed by atoms with Gasteiger partial charge in [-0.05, 0) is 49.8 Å². The topological polar surface area (TPSA) is 75.5 Å². The van der Waals surface area contributed by atoms with Crippen LogP contribution in [0.2, 0.25) is 0 Å². The SMILES string of the molecule is C[C@H](NC(=O)[C@@H]1Cc2cc([N+](=O)[O-])ccc2N2CCCC[C@@H]12)c1ccccc1. The molecule has 1 saturated heterocycles. The number of amides is 1. The predicted octanol–water partition coefficient (Wildman–Crippen LogP) is 4.00. The Labute approximate surface area is 164 Å². The van der Waals surface area contributed by atoms with E-state index in [9.17, 15) is 14.9 Å². The van der Waals surface area contributed by atoms with E-state index in [0.29, 0.717) is 6.42 Å². The summed E-state index contributed by atoms with van der Waals surface area (Å²) in [5.41, 5.74) is 3.12. The van der Waals surface area contributed by atoms with Gasteiger partial charge in [-0.1, -0.05) is 30.3 Å². The Kier molecular flexibility index (Phi) is 5.03. The van der Waals surface area contributed by atoms with E-state index in [1.54, 1.807) is 12.1 Å². The maximum Gasteiger partial charge on any atom is 0.269 e. The molecule has 28 heavy (non-hydrogen) atoms. The molecule has 1 fully saturated rings. The molecular formula is C22H25N3O3. The summed E-state index contributed by atoms with van der Waals surface area (Å²) >= 11 is 0. The van der Waals surface area contributed by atoms with Crippen molar-refractivity contribution in [2.45, 2.75) is 44.7 Å². The first-order valence-electron chi connectivity index (χ1n) is 9.94. The van der Waals surface area contributed by atoms with Crippen LogP contribution in [0.5, 0.6) is 0 Å². The number of anilines is 1. The van der Waals surface area contributed by atoms with E-state index in [-0.39, 0.29) is 34.5 Å². The van der Waals surface area contributed by atoms with Crippen LogP contribution < -0.4 is 10.2 Å². The first kappa shape index (κ1) is 18.5. The number of nitro benzene ring substituents is 1. The second-order valence-electron chi connectivity index (χ2n) is 7.78. The van der Waals surface area contributed by atoms with E-state index in [1.807, 2.05) is 43.3 Å². The molecule has 2 aromatic rings. The van der Waals surface area contributed by atoms with Gasteiger partial charge >= 0.3 is 0 Å². The number of rotatable bonds is 4. The highest BCUT2D eigenvalue weighted by Crippen LogP contribution is 2.40. The van der Waals surface area contributed by atoms with Crippen LogP contribution in [0.15, 0.2) is 48.5 Å². The largest absolute Gasteiger partial charge is 0.368 e. The van der Waals surface area contributed by atoms with Crippen molar-refractivity contribution in [2.24, 2.45) is 5.92 Å². The lowest BCUT2D eigenvalue weighted by Crippen LogP contribution is -2.53. The standard InChI is InChI=1S/C22H25N3O3/c1-15(16-7-3-2-4-8-16)23-22(26)19-14-17-13-18(25(27)28)10-11-20(17)24-12-6-5-9-21(19)24/h2-4,7-8,10-11,13,15,19,21H,5-6,9,12,14H2,1H3,(H,23,26)/t15-,19+,21-/m0/s1. The molecule has 2 aliphatic heterocycles. The Morgan fingerprint density at radius 2 is 2.00 bits per heavy atom. The average molecular weight is 379 g/mol. The highest BCUT2D eigenvalue weighted by molar-refractivity contribution is 5.82. The van der Waals surface area contributed by atoms with Gasteiger partial charge in [0.05, 0.1) is 16.9 Å². The minimum absolute atomic E-state index is 0.0328. The number of non-ortho nitro benzene ring substituents is 1. The van der Waals surface area contributed by atoms with E-state index in [2.05, 4.69) is 10.2 Å². The van der Waals surface area contributed by atoms with Crippen molar-refractivity contribution in [1.29, 1.82) is 0 Å². The van der Waals surface area contributed by atoms with Gasteiger partial charge in [0.25, 0.3) is 5.69 Å². The van der Waals surface area contributed by atoms with Crippen LogP contribution in [0, 0.1) is 16.0 Å². The van der Waals surface area contributed by atoms with Gasteiger partial charge in [0.1, 0.15) is 0 Å². The summed E-state index contributed by atoms with van der Waals surface area (Å²) < 4.78 is 0. The van der Waals surface area contributed by atoms with Gasteiger partial charge in [0.2, 0.25) is 5.91 Å². The fourth-order valence-corrected chi connectivity index (χ4v) is 4.59. The highest BCUT2D eigenvalue weighted by atomic mass is 16.6. The molecule has 0 bridgehead atoms. The molecule has 1 N–H and O–H groups in total. The minimum atomic E-state index is -0.366. The summed E-state index contributed by atoms with van der Waals surface area (Å²) in [6, 6.07) is 15.1. The Morgan fingerprint density at radius 1 is 1.21 bits per heavy atom. The Morgan fingerprint density at radius 3 is 2.75 bits per heavy atom. The summed E-state index contributed by atoms with van der Waals surface area (Å²) in [6.45, 7) is 2.89. The molecule has 0 saturated carbocycles. The van der Waals surface area contributed by atoms with Crippen LogP contribution in [-0.4, -0.2) is 23.4 Å². The molecule has 6 nitrogen and oxygen atoms in total. The Bertz CT molecular complexity index is 884. The molecule has 0 unspecified atom stereocenters. The highest BCUT2D eigenvalue weighted by Gasteiger charge is 2.40. The lowest BCUT2D eigenvalue weighted by molar-refractivity contribution is -0.384. The lowest BCUT2D eigenvalue weighted by atomic mass is 9.80. The molecule has 0 spiro atoms. The molecule has 3 atom stereocenters. The molecule has 2 aromatic carbocycles. The van der Waals surface area contributed by atoms with Crippen LogP contribution in [-0.2, 0) is 11.2 Å². The first-order chi connectivity index (χ1) is 13.5. The zero-order chi connectivity index (χ0) is 19.7. The summed E-state index contributed by atoms with van der Waals surface area (Å²) in [5, 5.41) is 14.4. The van der Waals surface area contributed by atoms with Crippen LogP contribution >= 0.6 is 0 Å².